The maximum atomic E-state index is 12.5. The summed E-state index contributed by atoms with van der Waals surface area (Å²) in [5, 5.41) is 12.6. The Morgan fingerprint density at radius 1 is 1.24 bits per heavy atom. The second-order valence-corrected chi connectivity index (χ2v) is 6.28. The predicted octanol–water partition coefficient (Wildman–Crippen LogP) is 3.39. The Morgan fingerprint density at radius 3 is 2.76 bits per heavy atom. The van der Waals surface area contributed by atoms with Crippen molar-refractivity contribution < 1.29 is 14.6 Å². The fourth-order valence-electron chi connectivity index (χ4n) is 2.87. The molecule has 3 rings (SSSR count). The summed E-state index contributed by atoms with van der Waals surface area (Å²) < 4.78 is 5.56. The molecule has 0 heterocycles. The lowest BCUT2D eigenvalue weighted by Crippen LogP contribution is -2.34. The number of carbonyl (C=O) groups is 1. The number of ether oxygens (including phenoxy) is 1. The minimum Gasteiger partial charge on any atom is -0.508 e. The fraction of sp³-hybridized carbons (Fsp3) is 0.350. The first kappa shape index (κ1) is 17.3. The van der Waals surface area contributed by atoms with E-state index in [4.69, 9.17) is 4.74 Å². The molecule has 0 aliphatic heterocycles. The average Bonchev–Trinajstić information content (AvgIpc) is 3.41. The average molecular weight is 340 g/mol. The molecule has 0 saturated heterocycles. The van der Waals surface area contributed by atoms with Gasteiger partial charge in [-0.15, -0.1) is 0 Å². The highest BCUT2D eigenvalue weighted by Gasteiger charge is 2.30. The van der Waals surface area contributed by atoms with E-state index in [1.807, 2.05) is 43.3 Å². The largest absolute Gasteiger partial charge is 0.508 e. The zero-order valence-electron chi connectivity index (χ0n) is 14.4. The van der Waals surface area contributed by atoms with Crippen LogP contribution in [0.2, 0.25) is 0 Å². The second-order valence-electron chi connectivity index (χ2n) is 6.28. The van der Waals surface area contributed by atoms with E-state index in [0.29, 0.717) is 37.2 Å². The van der Waals surface area contributed by atoms with Crippen molar-refractivity contribution in [2.24, 2.45) is 0 Å². The number of carbonyl (C=O) groups excluding carboxylic acids is 1. The second kappa shape index (κ2) is 8.03. The zero-order valence-corrected chi connectivity index (χ0v) is 14.4. The van der Waals surface area contributed by atoms with Crippen LogP contribution in [-0.2, 0) is 11.3 Å². The van der Waals surface area contributed by atoms with Crippen molar-refractivity contribution in [3.05, 3.63) is 54.1 Å². The molecule has 1 saturated carbocycles. The van der Waals surface area contributed by atoms with Crippen LogP contribution < -0.4 is 10.1 Å². The Kier molecular flexibility index (Phi) is 5.56. The number of aromatic hydroxyl groups is 1. The van der Waals surface area contributed by atoms with Gasteiger partial charge in [0, 0.05) is 12.6 Å². The van der Waals surface area contributed by atoms with E-state index in [1.165, 1.54) is 0 Å². The molecule has 2 N–H and O–H groups in total. The molecule has 0 radical (unpaired) electrons. The van der Waals surface area contributed by atoms with Crippen LogP contribution in [0.1, 0.15) is 25.3 Å². The summed E-state index contributed by atoms with van der Waals surface area (Å²) in [5.74, 6) is 0.881. The van der Waals surface area contributed by atoms with E-state index in [1.54, 1.807) is 12.1 Å². The number of nitrogens with zero attached hydrogens (tertiary/aromatic N) is 1. The minimum atomic E-state index is -0.0563. The molecule has 5 heteroatoms. The van der Waals surface area contributed by atoms with Gasteiger partial charge in [0.1, 0.15) is 11.5 Å². The van der Waals surface area contributed by atoms with Gasteiger partial charge in [0.2, 0.25) is 5.91 Å². The highest BCUT2D eigenvalue weighted by atomic mass is 16.5. The molecule has 1 aliphatic carbocycles. The van der Waals surface area contributed by atoms with E-state index < -0.39 is 0 Å². The first-order valence-corrected chi connectivity index (χ1v) is 8.69. The van der Waals surface area contributed by atoms with Crippen molar-refractivity contribution >= 4 is 11.6 Å². The third-order valence-corrected chi connectivity index (χ3v) is 4.17. The number of hydrogen-bond acceptors (Lipinski definition) is 4. The van der Waals surface area contributed by atoms with Crippen molar-refractivity contribution in [1.82, 2.24) is 4.90 Å². The molecule has 0 atom stereocenters. The summed E-state index contributed by atoms with van der Waals surface area (Å²) in [6.07, 6.45) is 2.23. The molecule has 2 aromatic rings. The number of phenols is 1. The van der Waals surface area contributed by atoms with Crippen LogP contribution in [0.5, 0.6) is 11.5 Å². The molecule has 25 heavy (non-hydrogen) atoms. The van der Waals surface area contributed by atoms with Gasteiger partial charge >= 0.3 is 0 Å². The molecule has 0 bridgehead atoms. The van der Waals surface area contributed by atoms with Gasteiger partial charge < -0.3 is 15.2 Å². The number of phenolic OH excluding ortho intramolecular Hbond substituents is 1. The molecular weight excluding hydrogens is 316 g/mol. The highest BCUT2D eigenvalue weighted by molar-refractivity contribution is 5.93. The van der Waals surface area contributed by atoms with Gasteiger partial charge in [0.15, 0.2) is 0 Å². The molecule has 5 nitrogen and oxygen atoms in total. The smallest absolute Gasteiger partial charge is 0.238 e. The van der Waals surface area contributed by atoms with Gasteiger partial charge in [-0.2, -0.15) is 0 Å². The van der Waals surface area contributed by atoms with E-state index >= 15 is 0 Å². The monoisotopic (exact) mass is 340 g/mol. The van der Waals surface area contributed by atoms with Crippen LogP contribution in [0.25, 0.3) is 0 Å². The number of benzene rings is 2. The summed E-state index contributed by atoms with van der Waals surface area (Å²) in [7, 11) is 0. The number of para-hydroxylation sites is 2. The van der Waals surface area contributed by atoms with E-state index in [-0.39, 0.29) is 11.7 Å². The summed E-state index contributed by atoms with van der Waals surface area (Å²) in [6.45, 7) is 3.45. The molecule has 0 spiro atoms. The van der Waals surface area contributed by atoms with Crippen molar-refractivity contribution in [2.75, 3.05) is 18.5 Å². The van der Waals surface area contributed by atoms with Gasteiger partial charge in [-0.05, 0) is 49.6 Å². The molecule has 1 aliphatic rings. The van der Waals surface area contributed by atoms with Crippen LogP contribution in [0.4, 0.5) is 5.69 Å². The molecule has 1 amide bonds. The quantitative estimate of drug-likeness (QED) is 0.773. The first-order chi connectivity index (χ1) is 12.2. The topological polar surface area (TPSA) is 61.8 Å². The third kappa shape index (κ3) is 4.97. The minimum absolute atomic E-state index is 0.0563. The highest BCUT2D eigenvalue weighted by Crippen LogP contribution is 2.29. The molecule has 0 aromatic heterocycles. The molecule has 0 unspecified atom stereocenters. The van der Waals surface area contributed by atoms with Crippen LogP contribution in [-0.4, -0.2) is 35.1 Å². The Bertz CT molecular complexity index is 728. The zero-order chi connectivity index (χ0) is 17.6. The van der Waals surface area contributed by atoms with Crippen molar-refractivity contribution in [2.45, 2.75) is 32.4 Å². The number of amides is 1. The summed E-state index contributed by atoms with van der Waals surface area (Å²) in [6, 6.07) is 15.1. The van der Waals surface area contributed by atoms with Gasteiger partial charge in [-0.1, -0.05) is 24.3 Å². The van der Waals surface area contributed by atoms with Crippen molar-refractivity contribution in [3.63, 3.8) is 0 Å². The predicted molar refractivity (Wildman–Crippen MR) is 97.8 cm³/mol. The van der Waals surface area contributed by atoms with E-state index in [9.17, 15) is 9.90 Å². The van der Waals surface area contributed by atoms with Crippen LogP contribution in [0.3, 0.4) is 0 Å². The lowest BCUT2D eigenvalue weighted by atomic mass is 10.2. The standard InChI is InChI=1S/C20H24N2O3/c1-2-25-19-9-4-3-8-18(19)21-20(24)14-22(16-10-11-16)13-15-6-5-7-17(23)12-15/h3-9,12,16,23H,2,10-11,13-14H2,1H3,(H,21,24). The molecule has 132 valence electrons. The Hall–Kier alpha value is -2.53. The maximum absolute atomic E-state index is 12.5. The number of hydrogen-bond donors (Lipinski definition) is 2. The van der Waals surface area contributed by atoms with Crippen LogP contribution >= 0.6 is 0 Å². The summed E-state index contributed by atoms with van der Waals surface area (Å²) in [4.78, 5) is 14.7. The van der Waals surface area contributed by atoms with Gasteiger partial charge in [-0.25, -0.2) is 0 Å². The third-order valence-electron chi connectivity index (χ3n) is 4.17. The Labute approximate surface area is 148 Å². The summed E-state index contributed by atoms with van der Waals surface area (Å²) in [5.41, 5.74) is 1.71. The first-order valence-electron chi connectivity index (χ1n) is 8.69. The number of anilines is 1. The molecule has 2 aromatic carbocycles. The van der Waals surface area contributed by atoms with Crippen molar-refractivity contribution in [3.8, 4) is 11.5 Å². The van der Waals surface area contributed by atoms with E-state index in [2.05, 4.69) is 10.2 Å². The normalized spacial score (nSPS) is 13.7. The van der Waals surface area contributed by atoms with Gasteiger partial charge in [-0.3, -0.25) is 9.69 Å². The maximum Gasteiger partial charge on any atom is 0.238 e. The van der Waals surface area contributed by atoms with E-state index in [0.717, 1.165) is 18.4 Å². The van der Waals surface area contributed by atoms with Gasteiger partial charge in [0.25, 0.3) is 0 Å². The lowest BCUT2D eigenvalue weighted by molar-refractivity contribution is -0.117. The Balaban J connectivity index is 1.63. The molecular formula is C20H24N2O3. The molecule has 1 fully saturated rings. The summed E-state index contributed by atoms with van der Waals surface area (Å²) >= 11 is 0. The van der Waals surface area contributed by atoms with Gasteiger partial charge in [0.05, 0.1) is 18.8 Å². The van der Waals surface area contributed by atoms with Crippen molar-refractivity contribution in [1.29, 1.82) is 0 Å². The SMILES string of the molecule is CCOc1ccccc1NC(=O)CN(Cc1cccc(O)c1)C1CC1. The van der Waals surface area contributed by atoms with Crippen LogP contribution in [0.15, 0.2) is 48.5 Å². The fourth-order valence-corrected chi connectivity index (χ4v) is 2.87. The lowest BCUT2D eigenvalue weighted by Gasteiger charge is -2.22. The number of rotatable bonds is 8. The number of nitrogens with one attached hydrogen (secondary N) is 1. The van der Waals surface area contributed by atoms with Crippen LogP contribution in [0, 0.1) is 0 Å². The Morgan fingerprint density at radius 2 is 2.04 bits per heavy atom.